The van der Waals surface area contributed by atoms with Crippen molar-refractivity contribution < 1.29 is 14.3 Å². The van der Waals surface area contributed by atoms with Crippen LogP contribution in [0.25, 0.3) is 0 Å². The first-order valence-electron chi connectivity index (χ1n) is 5.58. The molecule has 0 atom stereocenters. The van der Waals surface area contributed by atoms with Crippen LogP contribution in [-0.2, 0) is 4.74 Å². The standard InChI is InChI=1S/C12H18N2O3S/c1-11(2,3)17-10(16)14-12(4,5)9(15)8-6-7-13-18-8/h6-7H,1-5H3,(H,14,16). The molecule has 1 N–H and O–H groups in total. The number of amides is 1. The van der Waals surface area contributed by atoms with Gasteiger partial charge in [-0.3, -0.25) is 4.79 Å². The lowest BCUT2D eigenvalue weighted by atomic mass is 9.98. The molecule has 18 heavy (non-hydrogen) atoms. The fourth-order valence-electron chi connectivity index (χ4n) is 1.26. The largest absolute Gasteiger partial charge is 0.444 e. The number of hydrogen-bond acceptors (Lipinski definition) is 5. The van der Waals surface area contributed by atoms with E-state index >= 15 is 0 Å². The topological polar surface area (TPSA) is 68.3 Å². The first-order chi connectivity index (χ1) is 8.12. The van der Waals surface area contributed by atoms with E-state index in [0.29, 0.717) is 4.88 Å². The second kappa shape index (κ2) is 5.06. The van der Waals surface area contributed by atoms with E-state index in [9.17, 15) is 9.59 Å². The Morgan fingerprint density at radius 1 is 1.28 bits per heavy atom. The van der Waals surface area contributed by atoms with Crippen molar-refractivity contribution in [2.75, 3.05) is 0 Å². The van der Waals surface area contributed by atoms with Crippen molar-refractivity contribution >= 4 is 23.4 Å². The Morgan fingerprint density at radius 2 is 1.89 bits per heavy atom. The molecule has 100 valence electrons. The van der Waals surface area contributed by atoms with Gasteiger partial charge in [0.1, 0.15) is 11.1 Å². The van der Waals surface area contributed by atoms with Crippen LogP contribution in [0, 0.1) is 0 Å². The first-order valence-corrected chi connectivity index (χ1v) is 6.36. The van der Waals surface area contributed by atoms with Crippen LogP contribution in [0.2, 0.25) is 0 Å². The predicted octanol–water partition coefficient (Wildman–Crippen LogP) is 2.63. The van der Waals surface area contributed by atoms with Gasteiger partial charge in [0.15, 0.2) is 5.78 Å². The van der Waals surface area contributed by atoms with E-state index in [1.54, 1.807) is 46.9 Å². The lowest BCUT2D eigenvalue weighted by molar-refractivity contribution is 0.0455. The van der Waals surface area contributed by atoms with Gasteiger partial charge in [-0.15, -0.1) is 0 Å². The number of carbonyl (C=O) groups is 2. The molecule has 1 aromatic heterocycles. The number of ketones is 1. The minimum Gasteiger partial charge on any atom is -0.444 e. The summed E-state index contributed by atoms with van der Waals surface area (Å²) in [6.07, 6.45) is 0.951. The third kappa shape index (κ3) is 4.10. The molecular formula is C12H18N2O3S. The molecule has 5 nitrogen and oxygen atoms in total. The quantitative estimate of drug-likeness (QED) is 0.857. The molecule has 0 aromatic carbocycles. The molecule has 0 saturated heterocycles. The average Bonchev–Trinajstić information content (AvgIpc) is 2.64. The van der Waals surface area contributed by atoms with E-state index in [0.717, 1.165) is 11.5 Å². The molecule has 0 saturated carbocycles. The number of aromatic nitrogens is 1. The zero-order valence-electron chi connectivity index (χ0n) is 11.2. The molecule has 0 aliphatic carbocycles. The van der Waals surface area contributed by atoms with Crippen molar-refractivity contribution in [2.24, 2.45) is 0 Å². The number of nitrogens with zero attached hydrogens (tertiary/aromatic N) is 1. The molecule has 0 fully saturated rings. The van der Waals surface area contributed by atoms with Crippen LogP contribution in [0.3, 0.4) is 0 Å². The van der Waals surface area contributed by atoms with E-state index in [2.05, 4.69) is 9.69 Å². The second-order valence-electron chi connectivity index (χ2n) is 5.46. The number of rotatable bonds is 3. The van der Waals surface area contributed by atoms with Crippen LogP contribution in [-0.4, -0.2) is 27.4 Å². The third-order valence-electron chi connectivity index (χ3n) is 2.04. The zero-order chi connectivity index (χ0) is 14.0. The first kappa shape index (κ1) is 14.6. The Kier molecular flexibility index (Phi) is 4.11. The second-order valence-corrected chi connectivity index (χ2v) is 6.29. The summed E-state index contributed by atoms with van der Waals surface area (Å²) in [6.45, 7) is 8.58. The summed E-state index contributed by atoms with van der Waals surface area (Å²) in [5.74, 6) is -0.184. The van der Waals surface area contributed by atoms with Crippen molar-refractivity contribution in [3.8, 4) is 0 Å². The lowest BCUT2D eigenvalue weighted by Crippen LogP contribution is -2.51. The van der Waals surface area contributed by atoms with E-state index in [-0.39, 0.29) is 5.78 Å². The summed E-state index contributed by atoms with van der Waals surface area (Å²) in [6, 6.07) is 1.63. The Balaban J connectivity index is 2.70. The maximum absolute atomic E-state index is 12.1. The van der Waals surface area contributed by atoms with Gasteiger partial charge in [-0.2, -0.15) is 0 Å². The highest BCUT2D eigenvalue weighted by Gasteiger charge is 2.33. The lowest BCUT2D eigenvalue weighted by Gasteiger charge is -2.27. The maximum Gasteiger partial charge on any atom is 0.408 e. The molecule has 6 heteroatoms. The summed E-state index contributed by atoms with van der Waals surface area (Å²) in [7, 11) is 0. The minimum absolute atomic E-state index is 0.184. The SMILES string of the molecule is CC(C)(C)OC(=O)NC(C)(C)C(=O)c1ccns1. The molecule has 0 spiro atoms. The van der Waals surface area contributed by atoms with E-state index in [1.807, 2.05) is 0 Å². The highest BCUT2D eigenvalue weighted by atomic mass is 32.1. The number of carbonyl (C=O) groups excluding carboxylic acids is 2. The molecule has 1 heterocycles. The van der Waals surface area contributed by atoms with Gasteiger partial charge in [0.2, 0.25) is 0 Å². The van der Waals surface area contributed by atoms with Crippen molar-refractivity contribution in [3.05, 3.63) is 17.1 Å². The van der Waals surface area contributed by atoms with Crippen molar-refractivity contribution in [2.45, 2.75) is 45.8 Å². The van der Waals surface area contributed by atoms with Crippen molar-refractivity contribution in [1.82, 2.24) is 9.69 Å². The number of ether oxygens (including phenoxy) is 1. The predicted molar refractivity (Wildman–Crippen MR) is 69.9 cm³/mol. The van der Waals surface area contributed by atoms with Crippen LogP contribution in [0.4, 0.5) is 4.79 Å². The number of nitrogens with one attached hydrogen (secondary N) is 1. The Labute approximate surface area is 111 Å². The molecule has 1 amide bonds. The summed E-state index contributed by atoms with van der Waals surface area (Å²) < 4.78 is 9.00. The van der Waals surface area contributed by atoms with Gasteiger partial charge in [-0.05, 0) is 52.2 Å². The van der Waals surface area contributed by atoms with E-state index < -0.39 is 17.2 Å². The van der Waals surface area contributed by atoms with E-state index in [1.165, 1.54) is 0 Å². The van der Waals surface area contributed by atoms with Gasteiger partial charge in [-0.25, -0.2) is 9.17 Å². The van der Waals surface area contributed by atoms with Crippen molar-refractivity contribution in [3.63, 3.8) is 0 Å². The van der Waals surface area contributed by atoms with Gasteiger partial charge in [0.05, 0.1) is 4.88 Å². The molecule has 0 radical (unpaired) electrons. The van der Waals surface area contributed by atoms with Crippen LogP contribution in [0.1, 0.15) is 44.3 Å². The molecule has 0 aliphatic rings. The molecule has 0 aliphatic heterocycles. The normalized spacial score (nSPS) is 12.1. The number of Topliss-reactive ketones (excluding diaryl/α,β-unsaturated/α-hetero) is 1. The smallest absolute Gasteiger partial charge is 0.408 e. The van der Waals surface area contributed by atoms with E-state index in [4.69, 9.17) is 4.74 Å². The van der Waals surface area contributed by atoms with Crippen LogP contribution in [0.15, 0.2) is 12.3 Å². The molecule has 0 bridgehead atoms. The Morgan fingerprint density at radius 3 is 2.33 bits per heavy atom. The van der Waals surface area contributed by atoms with Gasteiger partial charge in [-0.1, -0.05) is 0 Å². The highest BCUT2D eigenvalue weighted by Crippen LogP contribution is 2.17. The van der Waals surface area contributed by atoms with Crippen LogP contribution < -0.4 is 5.32 Å². The van der Waals surface area contributed by atoms with Gasteiger partial charge < -0.3 is 10.1 Å². The third-order valence-corrected chi connectivity index (χ3v) is 2.79. The van der Waals surface area contributed by atoms with Crippen LogP contribution >= 0.6 is 11.5 Å². The monoisotopic (exact) mass is 270 g/mol. The fraction of sp³-hybridized carbons (Fsp3) is 0.583. The number of alkyl carbamates (subject to hydrolysis) is 1. The molecular weight excluding hydrogens is 252 g/mol. The maximum atomic E-state index is 12.1. The summed E-state index contributed by atoms with van der Waals surface area (Å²) in [5, 5.41) is 2.57. The minimum atomic E-state index is -1.02. The average molecular weight is 270 g/mol. The van der Waals surface area contributed by atoms with Gasteiger partial charge in [0.25, 0.3) is 0 Å². The van der Waals surface area contributed by atoms with Gasteiger partial charge in [0, 0.05) is 6.20 Å². The molecule has 1 aromatic rings. The Bertz CT molecular complexity index is 433. The Hall–Kier alpha value is -1.43. The summed E-state index contributed by atoms with van der Waals surface area (Å²) >= 11 is 1.11. The highest BCUT2D eigenvalue weighted by molar-refractivity contribution is 7.08. The summed E-state index contributed by atoms with van der Waals surface area (Å²) in [4.78, 5) is 24.3. The summed E-state index contributed by atoms with van der Waals surface area (Å²) in [5.41, 5.74) is -1.61. The van der Waals surface area contributed by atoms with Crippen molar-refractivity contribution in [1.29, 1.82) is 0 Å². The molecule has 0 unspecified atom stereocenters. The van der Waals surface area contributed by atoms with Gasteiger partial charge >= 0.3 is 6.09 Å². The van der Waals surface area contributed by atoms with Crippen LogP contribution in [0.5, 0.6) is 0 Å². The number of hydrogen-bond donors (Lipinski definition) is 1. The fourth-order valence-corrected chi connectivity index (χ4v) is 1.95. The molecule has 1 rings (SSSR count). The zero-order valence-corrected chi connectivity index (χ0v) is 12.1.